The molecular weight excluding hydrogens is 267 g/mol. The molecule has 1 aromatic heterocycles. The molecular formula is C13H15LiN4O3. The molecule has 0 aromatic carbocycles. The minimum atomic E-state index is -1.38. The van der Waals surface area contributed by atoms with Crippen molar-refractivity contribution < 1.29 is 33.6 Å². The molecule has 0 radical (unpaired) electrons. The third-order valence-corrected chi connectivity index (χ3v) is 3.67. The van der Waals surface area contributed by atoms with Crippen molar-refractivity contribution in [2.24, 2.45) is 5.92 Å². The van der Waals surface area contributed by atoms with Crippen LogP contribution in [-0.2, 0) is 4.79 Å². The predicted octanol–water partition coefficient (Wildman–Crippen LogP) is -4.10. The van der Waals surface area contributed by atoms with Gasteiger partial charge in [-0.1, -0.05) is 0 Å². The molecule has 7 nitrogen and oxygen atoms in total. The fourth-order valence-corrected chi connectivity index (χ4v) is 2.37. The second kappa shape index (κ2) is 6.46. The molecule has 0 atom stereocenters. The van der Waals surface area contributed by atoms with E-state index in [-0.39, 0.29) is 36.5 Å². The zero-order valence-corrected chi connectivity index (χ0v) is 12.0. The van der Waals surface area contributed by atoms with Gasteiger partial charge >= 0.3 is 18.9 Å². The van der Waals surface area contributed by atoms with Crippen LogP contribution in [0.3, 0.4) is 0 Å². The average Bonchev–Trinajstić information content (AvgIpc) is 3.31. The zero-order chi connectivity index (χ0) is 14.1. The van der Waals surface area contributed by atoms with Gasteiger partial charge in [-0.25, -0.2) is 9.97 Å². The molecule has 8 heteroatoms. The summed E-state index contributed by atoms with van der Waals surface area (Å²) in [5.41, 5.74) is 0. The van der Waals surface area contributed by atoms with Crippen molar-refractivity contribution in [3.63, 3.8) is 0 Å². The normalized spacial score (nSPS) is 18.1. The SMILES string of the molecule is O=C([O-])c1nccc(N2CCN(C(=O)C3CC3)CC2)n1.[Li+]. The van der Waals surface area contributed by atoms with Crippen molar-refractivity contribution in [1.29, 1.82) is 0 Å². The number of carboxylic acid groups (broad SMARTS) is 1. The minimum absolute atomic E-state index is 0. The van der Waals surface area contributed by atoms with Crippen LogP contribution in [-0.4, -0.2) is 52.9 Å². The summed E-state index contributed by atoms with van der Waals surface area (Å²) in [5.74, 6) is -0.626. The van der Waals surface area contributed by atoms with E-state index in [1.807, 2.05) is 9.80 Å². The summed E-state index contributed by atoms with van der Waals surface area (Å²) in [6, 6.07) is 1.67. The molecule has 21 heavy (non-hydrogen) atoms. The van der Waals surface area contributed by atoms with Gasteiger partial charge in [0.1, 0.15) is 11.8 Å². The Bertz CT molecular complexity index is 542. The minimum Gasteiger partial charge on any atom is -0.542 e. The number of aromatic nitrogens is 2. The van der Waals surface area contributed by atoms with E-state index in [0.717, 1.165) is 12.8 Å². The van der Waals surface area contributed by atoms with Crippen molar-refractivity contribution in [3.8, 4) is 0 Å². The number of hydrogen-bond donors (Lipinski definition) is 0. The molecule has 0 unspecified atom stereocenters. The Labute approximate surface area is 134 Å². The number of nitrogens with zero attached hydrogens (tertiary/aromatic N) is 4. The van der Waals surface area contributed by atoms with Gasteiger partial charge in [0.15, 0.2) is 5.82 Å². The van der Waals surface area contributed by atoms with Crippen molar-refractivity contribution >= 4 is 17.7 Å². The molecule has 0 spiro atoms. The Morgan fingerprint density at radius 2 is 1.86 bits per heavy atom. The van der Waals surface area contributed by atoms with Crippen LogP contribution in [0.5, 0.6) is 0 Å². The Morgan fingerprint density at radius 3 is 2.43 bits per heavy atom. The molecule has 2 fully saturated rings. The summed E-state index contributed by atoms with van der Waals surface area (Å²) >= 11 is 0. The van der Waals surface area contributed by atoms with Crippen LogP contribution in [0.1, 0.15) is 23.5 Å². The number of carboxylic acids is 1. The molecule has 1 aromatic rings. The van der Waals surface area contributed by atoms with Gasteiger partial charge in [-0.3, -0.25) is 4.79 Å². The van der Waals surface area contributed by atoms with Gasteiger partial charge in [0.25, 0.3) is 0 Å². The molecule has 2 heterocycles. The van der Waals surface area contributed by atoms with Gasteiger partial charge in [-0.05, 0) is 18.9 Å². The number of carbonyl (C=O) groups excluding carboxylic acids is 2. The molecule has 106 valence electrons. The van der Waals surface area contributed by atoms with Crippen molar-refractivity contribution in [1.82, 2.24) is 14.9 Å². The second-order valence-corrected chi connectivity index (χ2v) is 5.11. The van der Waals surface area contributed by atoms with E-state index in [1.165, 1.54) is 6.20 Å². The number of hydrogen-bond acceptors (Lipinski definition) is 6. The summed E-state index contributed by atoms with van der Waals surface area (Å²) in [6.07, 6.45) is 3.44. The molecule has 0 N–H and O–H groups in total. The van der Waals surface area contributed by atoms with Crippen molar-refractivity contribution in [2.45, 2.75) is 12.8 Å². The number of amides is 1. The predicted molar refractivity (Wildman–Crippen MR) is 67.9 cm³/mol. The van der Waals surface area contributed by atoms with E-state index in [9.17, 15) is 14.7 Å². The molecule has 1 saturated heterocycles. The first-order chi connectivity index (χ1) is 9.65. The van der Waals surface area contributed by atoms with Gasteiger partial charge < -0.3 is 19.7 Å². The van der Waals surface area contributed by atoms with E-state index in [1.54, 1.807) is 6.07 Å². The largest absolute Gasteiger partial charge is 1.00 e. The molecule has 1 aliphatic heterocycles. The van der Waals surface area contributed by atoms with E-state index in [4.69, 9.17) is 0 Å². The Kier molecular flexibility index (Phi) is 4.86. The standard InChI is InChI=1S/C13H16N4O3.Li/c18-12(9-1-2-9)17-7-5-16(6-8-17)10-3-4-14-11(15-10)13(19)20;/h3-4,9H,1-2,5-8H2,(H,19,20);/q;+1/p-1. The van der Waals surface area contributed by atoms with Crippen LogP contribution in [0, 0.1) is 5.92 Å². The molecule has 1 saturated carbocycles. The quantitative estimate of drug-likeness (QED) is 0.524. The van der Waals surface area contributed by atoms with E-state index in [0.29, 0.717) is 32.0 Å². The first-order valence-corrected chi connectivity index (χ1v) is 6.73. The van der Waals surface area contributed by atoms with Gasteiger partial charge in [-0.2, -0.15) is 0 Å². The molecule has 2 aliphatic rings. The van der Waals surface area contributed by atoms with Crippen LogP contribution in [0.25, 0.3) is 0 Å². The monoisotopic (exact) mass is 282 g/mol. The van der Waals surface area contributed by atoms with Crippen LogP contribution in [0.2, 0.25) is 0 Å². The van der Waals surface area contributed by atoms with E-state index >= 15 is 0 Å². The molecule has 1 amide bonds. The van der Waals surface area contributed by atoms with Crippen LogP contribution in [0.4, 0.5) is 5.82 Å². The summed E-state index contributed by atoms with van der Waals surface area (Å²) in [6.45, 7) is 2.61. The first kappa shape index (κ1) is 15.8. The van der Waals surface area contributed by atoms with Crippen LogP contribution < -0.4 is 28.9 Å². The fourth-order valence-electron chi connectivity index (χ4n) is 2.37. The summed E-state index contributed by atoms with van der Waals surface area (Å²) in [7, 11) is 0. The molecule has 0 bridgehead atoms. The molecule has 3 rings (SSSR count). The summed E-state index contributed by atoms with van der Waals surface area (Å²) in [5, 5.41) is 10.8. The second-order valence-electron chi connectivity index (χ2n) is 5.11. The van der Waals surface area contributed by atoms with Gasteiger partial charge in [0.05, 0.1) is 0 Å². The number of anilines is 1. The van der Waals surface area contributed by atoms with Crippen LogP contribution >= 0.6 is 0 Å². The third kappa shape index (κ3) is 3.55. The Morgan fingerprint density at radius 1 is 1.19 bits per heavy atom. The Balaban J connectivity index is 0.00000161. The van der Waals surface area contributed by atoms with Gasteiger partial charge in [-0.15, -0.1) is 0 Å². The van der Waals surface area contributed by atoms with Crippen LogP contribution in [0.15, 0.2) is 12.3 Å². The van der Waals surface area contributed by atoms with E-state index < -0.39 is 5.97 Å². The number of aromatic carboxylic acids is 1. The first-order valence-electron chi connectivity index (χ1n) is 6.73. The van der Waals surface area contributed by atoms with Gasteiger partial charge in [0.2, 0.25) is 5.91 Å². The Hall–Kier alpha value is -1.58. The fraction of sp³-hybridized carbons (Fsp3) is 0.538. The number of piperazine rings is 1. The van der Waals surface area contributed by atoms with Crippen molar-refractivity contribution in [3.05, 3.63) is 18.1 Å². The van der Waals surface area contributed by atoms with E-state index in [2.05, 4.69) is 9.97 Å². The smallest absolute Gasteiger partial charge is 0.542 e. The number of rotatable bonds is 3. The number of carbonyl (C=O) groups is 2. The summed E-state index contributed by atoms with van der Waals surface area (Å²) in [4.78, 5) is 34.1. The third-order valence-electron chi connectivity index (χ3n) is 3.67. The topological polar surface area (TPSA) is 89.5 Å². The maximum atomic E-state index is 11.9. The maximum absolute atomic E-state index is 11.9. The molecule has 1 aliphatic carbocycles. The van der Waals surface area contributed by atoms with Crippen molar-refractivity contribution in [2.75, 3.05) is 31.1 Å². The zero-order valence-electron chi connectivity index (χ0n) is 12.0. The average molecular weight is 282 g/mol. The summed E-state index contributed by atoms with van der Waals surface area (Å²) < 4.78 is 0. The maximum Gasteiger partial charge on any atom is 1.00 e. The van der Waals surface area contributed by atoms with Gasteiger partial charge in [0, 0.05) is 38.3 Å².